The van der Waals surface area contributed by atoms with Crippen molar-refractivity contribution < 1.29 is 9.53 Å². The summed E-state index contributed by atoms with van der Waals surface area (Å²) in [6, 6.07) is 11.7. The zero-order valence-electron chi connectivity index (χ0n) is 12.2. The molecule has 1 heterocycles. The predicted molar refractivity (Wildman–Crippen MR) is 82.0 cm³/mol. The minimum absolute atomic E-state index is 0.0340. The van der Waals surface area contributed by atoms with E-state index in [1.165, 1.54) is 5.56 Å². The second-order valence-corrected chi connectivity index (χ2v) is 4.91. The Balaban J connectivity index is 1.61. The highest BCUT2D eigenvalue weighted by Crippen LogP contribution is 2.12. The van der Waals surface area contributed by atoms with Crippen molar-refractivity contribution in [1.29, 1.82) is 0 Å². The molecule has 0 bridgehead atoms. The van der Waals surface area contributed by atoms with Gasteiger partial charge in [-0.25, -0.2) is 0 Å². The maximum Gasteiger partial charge on any atom is 0.220 e. The predicted octanol–water partition coefficient (Wildman–Crippen LogP) is 2.87. The number of hydrogen-bond acceptors (Lipinski definition) is 3. The number of carbonyl (C=O) groups is 1. The molecule has 0 aliphatic rings. The van der Waals surface area contributed by atoms with Crippen LogP contribution in [-0.2, 0) is 11.3 Å². The molecule has 1 aromatic carbocycles. The van der Waals surface area contributed by atoms with Crippen molar-refractivity contribution in [2.75, 3.05) is 6.61 Å². The highest BCUT2D eigenvalue weighted by Gasteiger charge is 2.02. The van der Waals surface area contributed by atoms with Crippen molar-refractivity contribution in [3.05, 3.63) is 59.9 Å². The van der Waals surface area contributed by atoms with Crippen molar-refractivity contribution in [2.45, 2.75) is 26.3 Å². The highest BCUT2D eigenvalue weighted by molar-refractivity contribution is 5.75. The number of benzene rings is 1. The molecule has 0 spiro atoms. The second-order valence-electron chi connectivity index (χ2n) is 4.91. The van der Waals surface area contributed by atoms with E-state index in [9.17, 15) is 4.79 Å². The van der Waals surface area contributed by atoms with Gasteiger partial charge in [-0.05, 0) is 42.7 Å². The fourth-order valence-corrected chi connectivity index (χ4v) is 1.92. The fraction of sp³-hybridized carbons (Fsp3) is 0.294. The Bertz CT molecular complexity index is 570. The zero-order valence-corrected chi connectivity index (χ0v) is 12.2. The minimum Gasteiger partial charge on any atom is -0.494 e. The molecule has 0 unspecified atom stereocenters. The van der Waals surface area contributed by atoms with Crippen molar-refractivity contribution in [2.24, 2.45) is 0 Å². The largest absolute Gasteiger partial charge is 0.494 e. The number of nitrogens with zero attached hydrogens (tertiary/aromatic N) is 1. The Morgan fingerprint density at radius 2 is 2.19 bits per heavy atom. The Morgan fingerprint density at radius 1 is 1.29 bits per heavy atom. The maximum atomic E-state index is 11.7. The lowest BCUT2D eigenvalue weighted by Crippen LogP contribution is -2.23. The number of carbonyl (C=O) groups excluding carboxylic acids is 1. The topological polar surface area (TPSA) is 51.2 Å². The Kier molecular flexibility index (Phi) is 5.76. The summed E-state index contributed by atoms with van der Waals surface area (Å²) in [6.45, 7) is 3.09. The molecule has 0 atom stereocenters. The van der Waals surface area contributed by atoms with Gasteiger partial charge >= 0.3 is 0 Å². The molecule has 2 aromatic rings. The third-order valence-electron chi connectivity index (χ3n) is 3.02. The average Bonchev–Trinajstić information content (AvgIpc) is 2.51. The van der Waals surface area contributed by atoms with E-state index in [1.807, 2.05) is 43.3 Å². The Morgan fingerprint density at radius 3 is 2.95 bits per heavy atom. The number of nitrogens with one attached hydrogen (secondary N) is 1. The summed E-state index contributed by atoms with van der Waals surface area (Å²) in [4.78, 5) is 15.7. The summed E-state index contributed by atoms with van der Waals surface area (Å²) in [7, 11) is 0. The molecule has 0 radical (unpaired) electrons. The third-order valence-corrected chi connectivity index (χ3v) is 3.02. The van der Waals surface area contributed by atoms with E-state index in [0.717, 1.165) is 11.3 Å². The highest BCUT2D eigenvalue weighted by atomic mass is 16.5. The van der Waals surface area contributed by atoms with Crippen LogP contribution in [0.4, 0.5) is 0 Å². The number of hydrogen-bond donors (Lipinski definition) is 1. The summed E-state index contributed by atoms with van der Waals surface area (Å²) in [5.74, 6) is 0.887. The van der Waals surface area contributed by atoms with Crippen molar-refractivity contribution in [1.82, 2.24) is 10.3 Å². The number of aryl methyl sites for hydroxylation is 1. The number of pyridine rings is 1. The van der Waals surface area contributed by atoms with E-state index in [-0.39, 0.29) is 5.91 Å². The first-order chi connectivity index (χ1) is 10.2. The van der Waals surface area contributed by atoms with Gasteiger partial charge in [0.15, 0.2) is 0 Å². The first-order valence-electron chi connectivity index (χ1n) is 7.09. The van der Waals surface area contributed by atoms with Crippen LogP contribution in [-0.4, -0.2) is 17.5 Å². The molecule has 0 aliphatic carbocycles. The Labute approximate surface area is 125 Å². The average molecular weight is 284 g/mol. The molecule has 4 nitrogen and oxygen atoms in total. The molecule has 110 valence electrons. The second kappa shape index (κ2) is 8.04. The van der Waals surface area contributed by atoms with Crippen LogP contribution in [0.1, 0.15) is 24.0 Å². The summed E-state index contributed by atoms with van der Waals surface area (Å²) in [5.41, 5.74) is 2.17. The van der Waals surface area contributed by atoms with Crippen LogP contribution in [0.3, 0.4) is 0 Å². The van der Waals surface area contributed by atoms with E-state index < -0.39 is 0 Å². The quantitative estimate of drug-likeness (QED) is 0.795. The molecule has 1 amide bonds. The van der Waals surface area contributed by atoms with Gasteiger partial charge in [0.25, 0.3) is 0 Å². The van der Waals surface area contributed by atoms with Crippen LogP contribution in [0.15, 0.2) is 48.8 Å². The van der Waals surface area contributed by atoms with Gasteiger partial charge < -0.3 is 10.1 Å². The zero-order chi connectivity index (χ0) is 14.9. The van der Waals surface area contributed by atoms with Crippen LogP contribution >= 0.6 is 0 Å². The standard InChI is InChI=1S/C17H20N2O2/c1-14-5-2-7-16(11-14)21-10-4-8-17(20)19-13-15-6-3-9-18-12-15/h2-3,5-7,9,11-12H,4,8,10,13H2,1H3,(H,19,20). The molecule has 4 heteroatoms. The van der Waals surface area contributed by atoms with E-state index >= 15 is 0 Å². The van der Waals surface area contributed by atoms with Crippen LogP contribution in [0.5, 0.6) is 5.75 Å². The maximum absolute atomic E-state index is 11.7. The van der Waals surface area contributed by atoms with Gasteiger partial charge in [0.2, 0.25) is 5.91 Å². The van der Waals surface area contributed by atoms with Crippen LogP contribution in [0.25, 0.3) is 0 Å². The normalized spacial score (nSPS) is 10.1. The van der Waals surface area contributed by atoms with Crippen molar-refractivity contribution >= 4 is 5.91 Å². The van der Waals surface area contributed by atoms with E-state index in [4.69, 9.17) is 4.74 Å². The molecule has 1 N–H and O–H groups in total. The Hall–Kier alpha value is -2.36. The lowest BCUT2D eigenvalue weighted by atomic mass is 10.2. The fourth-order valence-electron chi connectivity index (χ4n) is 1.92. The van der Waals surface area contributed by atoms with Gasteiger partial charge in [-0.3, -0.25) is 9.78 Å². The van der Waals surface area contributed by atoms with Gasteiger partial charge in [0.05, 0.1) is 6.61 Å². The van der Waals surface area contributed by atoms with Gasteiger partial charge in [0.1, 0.15) is 5.75 Å². The first kappa shape index (κ1) is 15.0. The molecule has 0 saturated carbocycles. The molecular weight excluding hydrogens is 264 g/mol. The minimum atomic E-state index is 0.0340. The number of amides is 1. The molecule has 0 saturated heterocycles. The molecule has 2 rings (SSSR count). The summed E-state index contributed by atoms with van der Waals surface area (Å²) in [6.07, 6.45) is 4.63. The molecule has 0 aliphatic heterocycles. The van der Waals surface area contributed by atoms with Gasteiger partial charge in [-0.2, -0.15) is 0 Å². The first-order valence-corrected chi connectivity index (χ1v) is 7.09. The van der Waals surface area contributed by atoms with E-state index in [2.05, 4.69) is 10.3 Å². The lowest BCUT2D eigenvalue weighted by Gasteiger charge is -2.07. The number of ether oxygens (including phenoxy) is 1. The van der Waals surface area contributed by atoms with Crippen LogP contribution < -0.4 is 10.1 Å². The van der Waals surface area contributed by atoms with Gasteiger partial charge in [0, 0.05) is 25.4 Å². The summed E-state index contributed by atoms with van der Waals surface area (Å²) < 4.78 is 5.61. The smallest absolute Gasteiger partial charge is 0.220 e. The van der Waals surface area contributed by atoms with E-state index in [0.29, 0.717) is 26.0 Å². The summed E-state index contributed by atoms with van der Waals surface area (Å²) in [5, 5.41) is 2.87. The molecular formula is C17H20N2O2. The van der Waals surface area contributed by atoms with E-state index in [1.54, 1.807) is 12.4 Å². The lowest BCUT2D eigenvalue weighted by molar-refractivity contribution is -0.121. The molecule has 0 fully saturated rings. The van der Waals surface area contributed by atoms with Crippen LogP contribution in [0, 0.1) is 6.92 Å². The summed E-state index contributed by atoms with van der Waals surface area (Å²) >= 11 is 0. The molecule has 21 heavy (non-hydrogen) atoms. The monoisotopic (exact) mass is 284 g/mol. The van der Waals surface area contributed by atoms with Crippen molar-refractivity contribution in [3.63, 3.8) is 0 Å². The third kappa shape index (κ3) is 5.65. The van der Waals surface area contributed by atoms with Gasteiger partial charge in [-0.15, -0.1) is 0 Å². The molecule has 1 aromatic heterocycles. The van der Waals surface area contributed by atoms with Crippen molar-refractivity contribution in [3.8, 4) is 5.75 Å². The number of aromatic nitrogens is 1. The number of rotatable bonds is 7. The van der Waals surface area contributed by atoms with Crippen LogP contribution in [0.2, 0.25) is 0 Å². The SMILES string of the molecule is Cc1cccc(OCCCC(=O)NCc2cccnc2)c1. The van der Waals surface area contributed by atoms with Gasteiger partial charge in [-0.1, -0.05) is 18.2 Å².